The highest BCUT2D eigenvalue weighted by atomic mass is 35.5. The van der Waals surface area contributed by atoms with E-state index in [0.29, 0.717) is 18.0 Å². The predicted molar refractivity (Wildman–Crippen MR) is 72.5 cm³/mol. The SMILES string of the molecule is CC(C)(CCCCl)CNC(=O)c1ccc(F)cc1. The van der Waals surface area contributed by atoms with Gasteiger partial charge in [0.05, 0.1) is 0 Å². The average Bonchev–Trinajstić information content (AvgIpc) is 2.35. The number of benzene rings is 1. The number of carbonyl (C=O) groups excluding carboxylic acids is 1. The molecule has 1 amide bonds. The zero-order chi connectivity index (χ0) is 13.6. The second-order valence-electron chi connectivity index (χ2n) is 5.15. The van der Waals surface area contributed by atoms with Crippen LogP contribution in [0.2, 0.25) is 0 Å². The van der Waals surface area contributed by atoms with E-state index in [1.807, 2.05) is 0 Å². The van der Waals surface area contributed by atoms with Crippen LogP contribution in [0.3, 0.4) is 0 Å². The van der Waals surface area contributed by atoms with Crippen LogP contribution >= 0.6 is 11.6 Å². The van der Waals surface area contributed by atoms with E-state index in [-0.39, 0.29) is 17.1 Å². The summed E-state index contributed by atoms with van der Waals surface area (Å²) < 4.78 is 12.7. The molecule has 0 spiro atoms. The van der Waals surface area contributed by atoms with E-state index in [9.17, 15) is 9.18 Å². The molecule has 0 aliphatic rings. The average molecular weight is 272 g/mol. The summed E-state index contributed by atoms with van der Waals surface area (Å²) in [5.74, 6) is 0.123. The zero-order valence-corrected chi connectivity index (χ0v) is 11.6. The second kappa shape index (κ2) is 6.74. The Labute approximate surface area is 113 Å². The number of hydrogen-bond donors (Lipinski definition) is 1. The molecule has 0 unspecified atom stereocenters. The lowest BCUT2D eigenvalue weighted by Gasteiger charge is -2.24. The van der Waals surface area contributed by atoms with Gasteiger partial charge in [-0.25, -0.2) is 4.39 Å². The van der Waals surface area contributed by atoms with Gasteiger partial charge in [0.25, 0.3) is 5.91 Å². The highest BCUT2D eigenvalue weighted by Gasteiger charge is 2.18. The van der Waals surface area contributed by atoms with Crippen LogP contribution in [0.15, 0.2) is 24.3 Å². The van der Waals surface area contributed by atoms with Crippen molar-refractivity contribution < 1.29 is 9.18 Å². The van der Waals surface area contributed by atoms with Crippen LogP contribution < -0.4 is 5.32 Å². The Hall–Kier alpha value is -1.09. The summed E-state index contributed by atoms with van der Waals surface area (Å²) in [4.78, 5) is 11.8. The molecule has 1 aromatic rings. The zero-order valence-electron chi connectivity index (χ0n) is 10.8. The first-order chi connectivity index (χ1) is 8.44. The largest absolute Gasteiger partial charge is 0.352 e. The lowest BCUT2D eigenvalue weighted by Crippen LogP contribution is -2.34. The van der Waals surface area contributed by atoms with Gasteiger partial charge in [0, 0.05) is 18.0 Å². The van der Waals surface area contributed by atoms with E-state index in [0.717, 1.165) is 12.8 Å². The minimum Gasteiger partial charge on any atom is -0.352 e. The molecule has 0 saturated carbocycles. The number of halogens is 2. The maximum Gasteiger partial charge on any atom is 0.251 e. The molecule has 1 aromatic carbocycles. The molecule has 0 aliphatic carbocycles. The molecule has 0 aliphatic heterocycles. The van der Waals surface area contributed by atoms with Gasteiger partial charge in [-0.1, -0.05) is 13.8 Å². The van der Waals surface area contributed by atoms with Gasteiger partial charge in [-0.3, -0.25) is 4.79 Å². The Morgan fingerprint density at radius 3 is 2.50 bits per heavy atom. The molecule has 0 heterocycles. The number of amides is 1. The Morgan fingerprint density at radius 2 is 1.94 bits per heavy atom. The van der Waals surface area contributed by atoms with Gasteiger partial charge in [0.1, 0.15) is 5.82 Å². The normalized spacial score (nSPS) is 11.3. The molecule has 0 radical (unpaired) electrons. The quantitative estimate of drug-likeness (QED) is 0.787. The third kappa shape index (κ3) is 5.05. The van der Waals surface area contributed by atoms with Crippen LogP contribution in [-0.2, 0) is 0 Å². The van der Waals surface area contributed by atoms with Crippen molar-refractivity contribution in [2.75, 3.05) is 12.4 Å². The van der Waals surface area contributed by atoms with Crippen LogP contribution in [0.25, 0.3) is 0 Å². The lowest BCUT2D eigenvalue weighted by molar-refractivity contribution is 0.0934. The molecule has 0 aromatic heterocycles. The van der Waals surface area contributed by atoms with E-state index in [1.54, 1.807) is 0 Å². The van der Waals surface area contributed by atoms with Crippen molar-refractivity contribution >= 4 is 17.5 Å². The molecule has 0 fully saturated rings. The van der Waals surface area contributed by atoms with Crippen LogP contribution in [0, 0.1) is 11.2 Å². The fraction of sp³-hybridized carbons (Fsp3) is 0.500. The van der Waals surface area contributed by atoms with E-state index >= 15 is 0 Å². The minimum absolute atomic E-state index is 0.0184. The Morgan fingerprint density at radius 1 is 1.33 bits per heavy atom. The van der Waals surface area contributed by atoms with Gasteiger partial charge < -0.3 is 5.32 Å². The molecule has 18 heavy (non-hydrogen) atoms. The molecular weight excluding hydrogens is 253 g/mol. The summed E-state index contributed by atoms with van der Waals surface area (Å²) in [7, 11) is 0. The highest BCUT2D eigenvalue weighted by Crippen LogP contribution is 2.21. The maximum atomic E-state index is 12.7. The van der Waals surface area contributed by atoms with Crippen molar-refractivity contribution in [3.05, 3.63) is 35.6 Å². The van der Waals surface area contributed by atoms with Crippen LogP contribution in [0.1, 0.15) is 37.0 Å². The van der Waals surface area contributed by atoms with Crippen molar-refractivity contribution in [3.63, 3.8) is 0 Å². The van der Waals surface area contributed by atoms with Gasteiger partial charge in [-0.15, -0.1) is 11.6 Å². The topological polar surface area (TPSA) is 29.1 Å². The molecular formula is C14H19ClFNO. The number of hydrogen-bond acceptors (Lipinski definition) is 1. The number of alkyl halides is 1. The molecule has 4 heteroatoms. The monoisotopic (exact) mass is 271 g/mol. The number of carbonyl (C=O) groups is 1. The summed E-state index contributed by atoms with van der Waals surface area (Å²) >= 11 is 5.66. The van der Waals surface area contributed by atoms with E-state index in [2.05, 4.69) is 19.2 Å². The smallest absolute Gasteiger partial charge is 0.251 e. The van der Waals surface area contributed by atoms with Crippen molar-refractivity contribution in [2.24, 2.45) is 5.41 Å². The van der Waals surface area contributed by atoms with E-state index in [1.165, 1.54) is 24.3 Å². The molecule has 0 atom stereocenters. The molecule has 0 saturated heterocycles. The molecule has 100 valence electrons. The maximum absolute atomic E-state index is 12.7. The third-order valence-corrected chi connectivity index (χ3v) is 3.09. The first-order valence-corrected chi connectivity index (χ1v) is 6.58. The van der Waals surface area contributed by atoms with Gasteiger partial charge in [-0.05, 0) is 42.5 Å². The summed E-state index contributed by atoms with van der Waals surface area (Å²) in [6.45, 7) is 4.76. The summed E-state index contributed by atoms with van der Waals surface area (Å²) in [6, 6.07) is 5.54. The molecule has 0 bridgehead atoms. The first kappa shape index (κ1) is 15.0. The highest BCUT2D eigenvalue weighted by molar-refractivity contribution is 6.17. The minimum atomic E-state index is -0.339. The fourth-order valence-corrected chi connectivity index (χ4v) is 1.79. The van der Waals surface area contributed by atoms with Gasteiger partial charge in [-0.2, -0.15) is 0 Å². The Bertz CT molecular complexity index is 389. The Kier molecular flexibility index (Phi) is 5.60. The second-order valence-corrected chi connectivity index (χ2v) is 5.52. The van der Waals surface area contributed by atoms with Gasteiger partial charge >= 0.3 is 0 Å². The molecule has 1 N–H and O–H groups in total. The first-order valence-electron chi connectivity index (χ1n) is 6.04. The fourth-order valence-electron chi connectivity index (χ4n) is 1.66. The van der Waals surface area contributed by atoms with Gasteiger partial charge in [0.2, 0.25) is 0 Å². The van der Waals surface area contributed by atoms with Crippen molar-refractivity contribution in [1.82, 2.24) is 5.32 Å². The summed E-state index contributed by atoms with van der Waals surface area (Å²) in [5, 5.41) is 2.86. The van der Waals surface area contributed by atoms with E-state index < -0.39 is 0 Å². The molecule has 2 nitrogen and oxygen atoms in total. The standard InChI is InChI=1S/C14H19ClFNO/c1-14(2,8-3-9-15)10-17-13(18)11-4-6-12(16)7-5-11/h4-7H,3,8-10H2,1-2H3,(H,17,18). The predicted octanol–water partition coefficient (Wildman–Crippen LogP) is 3.60. The van der Waals surface area contributed by atoms with Gasteiger partial charge in [0.15, 0.2) is 0 Å². The van der Waals surface area contributed by atoms with Crippen LogP contribution in [0.5, 0.6) is 0 Å². The van der Waals surface area contributed by atoms with E-state index in [4.69, 9.17) is 11.6 Å². The summed E-state index contributed by atoms with van der Waals surface area (Å²) in [5.41, 5.74) is 0.495. The third-order valence-electron chi connectivity index (χ3n) is 2.82. The number of nitrogens with one attached hydrogen (secondary N) is 1. The van der Waals surface area contributed by atoms with Crippen molar-refractivity contribution in [2.45, 2.75) is 26.7 Å². The molecule has 1 rings (SSSR count). The van der Waals surface area contributed by atoms with Crippen molar-refractivity contribution in [1.29, 1.82) is 0 Å². The summed E-state index contributed by atoms with van der Waals surface area (Å²) in [6.07, 6.45) is 1.89. The van der Waals surface area contributed by atoms with Crippen molar-refractivity contribution in [3.8, 4) is 0 Å². The van der Waals surface area contributed by atoms with Crippen LogP contribution in [-0.4, -0.2) is 18.3 Å². The number of rotatable bonds is 6. The Balaban J connectivity index is 2.48. The van der Waals surface area contributed by atoms with Crippen LogP contribution in [0.4, 0.5) is 4.39 Å². The lowest BCUT2D eigenvalue weighted by atomic mass is 9.88.